The smallest absolute Gasteiger partial charge is 0.322 e. The maximum atomic E-state index is 12.5. The maximum absolute atomic E-state index is 12.5. The van der Waals surface area contributed by atoms with E-state index in [9.17, 15) is 4.79 Å². The van der Waals surface area contributed by atoms with Crippen LogP contribution in [-0.2, 0) is 4.74 Å². The van der Waals surface area contributed by atoms with Crippen LogP contribution in [0.25, 0.3) is 0 Å². The van der Waals surface area contributed by atoms with Gasteiger partial charge in [-0.2, -0.15) is 0 Å². The molecule has 2 aromatic rings. The molecular formula is C16H20N2O2S. The standard InChI is InChI=1S/C16H20N2O2S/c1-13(15-9-6-12-21-15)18(10-11-20-2)16(19)17-14-7-4-3-5-8-14/h3-9,12-13H,10-11H2,1-2H3,(H,17,19). The molecule has 21 heavy (non-hydrogen) atoms. The molecule has 4 nitrogen and oxygen atoms in total. The first-order valence-electron chi connectivity index (χ1n) is 6.87. The van der Waals surface area contributed by atoms with Crippen molar-refractivity contribution in [2.45, 2.75) is 13.0 Å². The number of urea groups is 1. The molecule has 0 radical (unpaired) electrons. The van der Waals surface area contributed by atoms with Gasteiger partial charge in [-0.25, -0.2) is 4.79 Å². The molecule has 1 atom stereocenters. The summed E-state index contributed by atoms with van der Waals surface area (Å²) in [7, 11) is 1.64. The fourth-order valence-corrected chi connectivity index (χ4v) is 2.86. The Morgan fingerprint density at radius 1 is 1.29 bits per heavy atom. The minimum atomic E-state index is -0.112. The molecule has 0 saturated heterocycles. The lowest BCUT2D eigenvalue weighted by atomic mass is 10.2. The molecule has 0 saturated carbocycles. The normalized spacial score (nSPS) is 11.9. The first-order valence-corrected chi connectivity index (χ1v) is 7.75. The van der Waals surface area contributed by atoms with Crippen molar-refractivity contribution in [3.8, 4) is 0 Å². The Morgan fingerprint density at radius 3 is 2.67 bits per heavy atom. The number of carbonyl (C=O) groups is 1. The average molecular weight is 304 g/mol. The fourth-order valence-electron chi connectivity index (χ4n) is 2.06. The number of rotatable bonds is 6. The largest absolute Gasteiger partial charge is 0.383 e. The highest BCUT2D eigenvalue weighted by molar-refractivity contribution is 7.10. The Labute approximate surface area is 129 Å². The third-order valence-electron chi connectivity index (χ3n) is 3.24. The van der Waals surface area contributed by atoms with E-state index in [1.54, 1.807) is 23.3 Å². The molecule has 0 fully saturated rings. The number of hydrogen-bond donors (Lipinski definition) is 1. The molecule has 2 amide bonds. The number of amides is 2. The number of nitrogens with one attached hydrogen (secondary N) is 1. The van der Waals surface area contributed by atoms with Crippen molar-refractivity contribution in [3.05, 3.63) is 52.7 Å². The van der Waals surface area contributed by atoms with Crippen molar-refractivity contribution in [1.82, 2.24) is 4.90 Å². The van der Waals surface area contributed by atoms with Gasteiger partial charge in [-0.05, 0) is 30.5 Å². The summed E-state index contributed by atoms with van der Waals surface area (Å²) in [6.45, 7) is 3.10. The van der Waals surface area contributed by atoms with Crippen molar-refractivity contribution in [3.63, 3.8) is 0 Å². The summed E-state index contributed by atoms with van der Waals surface area (Å²) in [5.74, 6) is 0. The molecule has 0 bridgehead atoms. The minimum Gasteiger partial charge on any atom is -0.383 e. The van der Waals surface area contributed by atoms with E-state index in [1.807, 2.05) is 54.8 Å². The van der Waals surface area contributed by atoms with Crippen LogP contribution < -0.4 is 5.32 Å². The van der Waals surface area contributed by atoms with Crippen LogP contribution in [0.1, 0.15) is 17.8 Å². The van der Waals surface area contributed by atoms with Crippen molar-refractivity contribution >= 4 is 23.1 Å². The zero-order chi connectivity index (χ0) is 15.1. The van der Waals surface area contributed by atoms with Gasteiger partial charge in [-0.1, -0.05) is 24.3 Å². The summed E-state index contributed by atoms with van der Waals surface area (Å²) in [6, 6.07) is 13.4. The lowest BCUT2D eigenvalue weighted by Gasteiger charge is -2.28. The predicted molar refractivity (Wildman–Crippen MR) is 86.8 cm³/mol. The van der Waals surface area contributed by atoms with Crippen LogP contribution >= 0.6 is 11.3 Å². The Morgan fingerprint density at radius 2 is 2.05 bits per heavy atom. The maximum Gasteiger partial charge on any atom is 0.322 e. The Kier molecular flexibility index (Phi) is 5.78. The first-order chi connectivity index (χ1) is 10.2. The predicted octanol–water partition coefficient (Wildman–Crippen LogP) is 3.99. The number of anilines is 1. The monoisotopic (exact) mass is 304 g/mol. The van der Waals surface area contributed by atoms with E-state index >= 15 is 0 Å². The van der Waals surface area contributed by atoms with Crippen LogP contribution in [0.2, 0.25) is 0 Å². The second-order valence-corrected chi connectivity index (χ2v) is 5.65. The summed E-state index contributed by atoms with van der Waals surface area (Å²) in [6.07, 6.45) is 0. The molecule has 0 aliphatic carbocycles. The number of thiophene rings is 1. The molecule has 1 aromatic heterocycles. The number of carbonyl (C=O) groups excluding carboxylic acids is 1. The fraction of sp³-hybridized carbons (Fsp3) is 0.312. The summed E-state index contributed by atoms with van der Waals surface area (Å²) >= 11 is 1.65. The van der Waals surface area contributed by atoms with E-state index in [4.69, 9.17) is 4.74 Å². The van der Waals surface area contributed by atoms with E-state index in [-0.39, 0.29) is 12.1 Å². The lowest BCUT2D eigenvalue weighted by molar-refractivity contribution is 0.140. The summed E-state index contributed by atoms with van der Waals surface area (Å²) < 4.78 is 5.12. The van der Waals surface area contributed by atoms with Crippen LogP contribution in [0.4, 0.5) is 10.5 Å². The van der Waals surface area contributed by atoms with Gasteiger partial charge in [0.1, 0.15) is 0 Å². The summed E-state index contributed by atoms with van der Waals surface area (Å²) in [5.41, 5.74) is 0.795. The zero-order valence-corrected chi connectivity index (χ0v) is 13.1. The van der Waals surface area contributed by atoms with E-state index in [2.05, 4.69) is 5.32 Å². The van der Waals surface area contributed by atoms with Crippen LogP contribution in [0.15, 0.2) is 47.8 Å². The van der Waals surface area contributed by atoms with Gasteiger partial charge in [0.2, 0.25) is 0 Å². The molecule has 1 aromatic carbocycles. The summed E-state index contributed by atoms with van der Waals surface area (Å²) in [5, 5.41) is 4.95. The molecule has 2 rings (SSSR count). The van der Waals surface area contributed by atoms with Gasteiger partial charge < -0.3 is 15.0 Å². The molecule has 1 heterocycles. The van der Waals surface area contributed by atoms with Crippen LogP contribution in [-0.4, -0.2) is 31.2 Å². The molecule has 112 valence electrons. The van der Waals surface area contributed by atoms with Gasteiger partial charge in [0.15, 0.2) is 0 Å². The van der Waals surface area contributed by atoms with Gasteiger partial charge >= 0.3 is 6.03 Å². The number of para-hydroxylation sites is 1. The third-order valence-corrected chi connectivity index (χ3v) is 4.29. The van der Waals surface area contributed by atoms with E-state index < -0.39 is 0 Å². The third kappa shape index (κ3) is 4.31. The van der Waals surface area contributed by atoms with Gasteiger partial charge in [-0.3, -0.25) is 0 Å². The number of hydrogen-bond acceptors (Lipinski definition) is 3. The topological polar surface area (TPSA) is 41.6 Å². The first kappa shape index (κ1) is 15.5. The van der Waals surface area contributed by atoms with E-state index in [0.717, 1.165) is 10.6 Å². The van der Waals surface area contributed by atoms with Crippen molar-refractivity contribution in [2.24, 2.45) is 0 Å². The van der Waals surface area contributed by atoms with Gasteiger partial charge in [0.25, 0.3) is 0 Å². The molecule has 1 unspecified atom stereocenters. The van der Waals surface area contributed by atoms with Crippen LogP contribution in [0.3, 0.4) is 0 Å². The van der Waals surface area contributed by atoms with Gasteiger partial charge in [0.05, 0.1) is 12.6 Å². The lowest BCUT2D eigenvalue weighted by Crippen LogP contribution is -2.39. The van der Waals surface area contributed by atoms with Crippen LogP contribution in [0, 0.1) is 0 Å². The van der Waals surface area contributed by atoms with Gasteiger partial charge in [0, 0.05) is 24.2 Å². The Hall–Kier alpha value is -1.85. The number of ether oxygens (including phenoxy) is 1. The highest BCUT2D eigenvalue weighted by Crippen LogP contribution is 2.25. The SMILES string of the molecule is COCCN(C(=O)Nc1ccccc1)C(C)c1cccs1. The number of nitrogens with zero attached hydrogens (tertiary/aromatic N) is 1. The minimum absolute atomic E-state index is 0.0175. The zero-order valence-electron chi connectivity index (χ0n) is 12.3. The molecule has 0 spiro atoms. The van der Waals surface area contributed by atoms with E-state index in [0.29, 0.717) is 13.2 Å². The summed E-state index contributed by atoms with van der Waals surface area (Å²) in [4.78, 5) is 15.5. The van der Waals surface area contributed by atoms with Crippen molar-refractivity contribution in [1.29, 1.82) is 0 Å². The average Bonchev–Trinajstić information content (AvgIpc) is 3.02. The molecule has 1 N–H and O–H groups in total. The van der Waals surface area contributed by atoms with Crippen LogP contribution in [0.5, 0.6) is 0 Å². The van der Waals surface area contributed by atoms with Crippen molar-refractivity contribution in [2.75, 3.05) is 25.6 Å². The number of methoxy groups -OCH3 is 1. The quantitative estimate of drug-likeness (QED) is 0.876. The van der Waals surface area contributed by atoms with Gasteiger partial charge in [-0.15, -0.1) is 11.3 Å². The molecule has 0 aliphatic heterocycles. The van der Waals surface area contributed by atoms with E-state index in [1.165, 1.54) is 0 Å². The Balaban J connectivity index is 2.09. The second kappa shape index (κ2) is 7.81. The highest BCUT2D eigenvalue weighted by atomic mass is 32.1. The highest BCUT2D eigenvalue weighted by Gasteiger charge is 2.22. The second-order valence-electron chi connectivity index (χ2n) is 4.67. The Bertz CT molecular complexity index is 543. The van der Waals surface area contributed by atoms with Crippen molar-refractivity contribution < 1.29 is 9.53 Å². The molecule has 5 heteroatoms. The number of benzene rings is 1. The molecular weight excluding hydrogens is 284 g/mol. The molecule has 0 aliphatic rings.